The Morgan fingerprint density at radius 3 is 2.55 bits per heavy atom. The first-order valence-electron chi connectivity index (χ1n) is 6.68. The maximum absolute atomic E-state index is 12.1. The Kier molecular flexibility index (Phi) is 4.06. The second kappa shape index (κ2) is 6.15. The molecule has 0 radical (unpaired) electrons. The summed E-state index contributed by atoms with van der Waals surface area (Å²) in [5.41, 5.74) is 2.47. The van der Waals surface area contributed by atoms with Gasteiger partial charge >= 0.3 is 0 Å². The molecule has 1 aromatic carbocycles. The molecule has 22 heavy (non-hydrogen) atoms. The number of amides is 1. The minimum atomic E-state index is -0.114. The van der Waals surface area contributed by atoms with Crippen LogP contribution in [0.15, 0.2) is 53.5 Å². The summed E-state index contributed by atoms with van der Waals surface area (Å²) in [4.78, 5) is 12.1. The number of aromatic nitrogens is 4. The third kappa shape index (κ3) is 3.25. The summed E-state index contributed by atoms with van der Waals surface area (Å²) in [7, 11) is 1.84. The van der Waals surface area contributed by atoms with Gasteiger partial charge in [-0.1, -0.05) is 0 Å². The highest BCUT2D eigenvalue weighted by Gasteiger charge is 2.07. The van der Waals surface area contributed by atoms with Gasteiger partial charge in [-0.25, -0.2) is 4.68 Å². The summed E-state index contributed by atoms with van der Waals surface area (Å²) in [5.74, 6) is -0.114. The maximum Gasteiger partial charge on any atom is 0.251 e. The van der Waals surface area contributed by atoms with E-state index in [0.717, 1.165) is 15.7 Å². The summed E-state index contributed by atoms with van der Waals surface area (Å²) in [5, 5.41) is 11.1. The molecule has 0 atom stereocenters. The predicted octanol–water partition coefficient (Wildman–Crippen LogP) is 2.30. The van der Waals surface area contributed by atoms with Crippen molar-refractivity contribution in [2.75, 3.05) is 0 Å². The smallest absolute Gasteiger partial charge is 0.251 e. The second-order valence-corrected chi connectivity index (χ2v) is 5.77. The molecule has 0 saturated carbocycles. The van der Waals surface area contributed by atoms with Crippen LogP contribution in [-0.2, 0) is 13.6 Å². The van der Waals surface area contributed by atoms with Crippen molar-refractivity contribution < 1.29 is 4.79 Å². The molecule has 3 aromatic rings. The molecule has 112 valence electrons. The normalized spacial score (nSPS) is 10.6. The Morgan fingerprint density at radius 2 is 1.95 bits per heavy atom. The molecule has 0 fully saturated rings. The molecule has 1 amide bonds. The van der Waals surface area contributed by atoms with Crippen molar-refractivity contribution >= 4 is 21.8 Å². The van der Waals surface area contributed by atoms with Gasteiger partial charge in [0.25, 0.3) is 5.91 Å². The number of aryl methyl sites for hydroxylation is 1. The van der Waals surface area contributed by atoms with Gasteiger partial charge in [-0.3, -0.25) is 9.48 Å². The van der Waals surface area contributed by atoms with Gasteiger partial charge in [-0.05, 0) is 40.2 Å². The fraction of sp³-hybridized carbons (Fsp3) is 0.133. The van der Waals surface area contributed by atoms with Crippen LogP contribution in [0.2, 0.25) is 0 Å². The molecule has 0 saturated heterocycles. The van der Waals surface area contributed by atoms with E-state index in [1.807, 2.05) is 31.6 Å². The fourth-order valence-electron chi connectivity index (χ4n) is 2.06. The van der Waals surface area contributed by atoms with Gasteiger partial charge in [0.2, 0.25) is 0 Å². The van der Waals surface area contributed by atoms with Crippen LogP contribution in [0.5, 0.6) is 0 Å². The third-order valence-corrected chi connectivity index (χ3v) is 3.57. The lowest BCUT2D eigenvalue weighted by Gasteiger charge is -2.05. The number of carbonyl (C=O) groups is 1. The number of carbonyl (C=O) groups excluding carboxylic acids is 1. The molecule has 1 N–H and O–H groups in total. The topological polar surface area (TPSA) is 64.7 Å². The Balaban J connectivity index is 1.65. The van der Waals surface area contributed by atoms with Gasteiger partial charge in [0.15, 0.2) is 0 Å². The van der Waals surface area contributed by atoms with E-state index < -0.39 is 0 Å². The zero-order valence-corrected chi connectivity index (χ0v) is 13.5. The van der Waals surface area contributed by atoms with Crippen molar-refractivity contribution in [1.29, 1.82) is 0 Å². The van der Waals surface area contributed by atoms with E-state index in [9.17, 15) is 4.79 Å². The highest BCUT2D eigenvalue weighted by molar-refractivity contribution is 9.10. The van der Waals surface area contributed by atoms with E-state index in [0.29, 0.717) is 12.1 Å². The summed E-state index contributed by atoms with van der Waals surface area (Å²) >= 11 is 3.36. The summed E-state index contributed by atoms with van der Waals surface area (Å²) < 4.78 is 4.35. The Hall–Kier alpha value is -2.41. The molecule has 7 heteroatoms. The van der Waals surface area contributed by atoms with Crippen LogP contribution in [0.1, 0.15) is 15.9 Å². The Labute approximate surface area is 135 Å². The first kappa shape index (κ1) is 14.5. The van der Waals surface area contributed by atoms with Crippen molar-refractivity contribution in [2.24, 2.45) is 7.05 Å². The molecule has 2 aromatic heterocycles. The first-order valence-corrected chi connectivity index (χ1v) is 7.47. The Morgan fingerprint density at radius 1 is 1.18 bits per heavy atom. The van der Waals surface area contributed by atoms with Crippen molar-refractivity contribution in [3.63, 3.8) is 0 Å². The van der Waals surface area contributed by atoms with Crippen LogP contribution in [0, 0.1) is 0 Å². The lowest BCUT2D eigenvalue weighted by molar-refractivity contribution is 0.0951. The molecule has 0 aliphatic carbocycles. The van der Waals surface area contributed by atoms with E-state index in [2.05, 4.69) is 31.4 Å². The predicted molar refractivity (Wildman–Crippen MR) is 85.6 cm³/mol. The zero-order valence-electron chi connectivity index (χ0n) is 11.9. The number of hydrogen-bond acceptors (Lipinski definition) is 3. The summed E-state index contributed by atoms with van der Waals surface area (Å²) in [6, 6.07) is 7.28. The van der Waals surface area contributed by atoms with E-state index in [4.69, 9.17) is 0 Å². The summed E-state index contributed by atoms with van der Waals surface area (Å²) in [6.07, 6.45) is 7.18. The lowest BCUT2D eigenvalue weighted by atomic mass is 10.2. The molecule has 0 spiro atoms. The van der Waals surface area contributed by atoms with E-state index in [-0.39, 0.29) is 5.91 Å². The molecular formula is C15H14BrN5O. The van der Waals surface area contributed by atoms with Gasteiger partial charge in [0, 0.05) is 37.1 Å². The van der Waals surface area contributed by atoms with Crippen molar-refractivity contribution in [2.45, 2.75) is 6.54 Å². The maximum atomic E-state index is 12.1. The molecule has 0 aliphatic rings. The average Bonchev–Trinajstić information content (AvgIpc) is 3.13. The fourth-order valence-corrected chi connectivity index (χ4v) is 2.34. The summed E-state index contributed by atoms with van der Waals surface area (Å²) in [6.45, 7) is 0.459. The molecule has 0 bridgehead atoms. The molecule has 6 nitrogen and oxygen atoms in total. The lowest BCUT2D eigenvalue weighted by Crippen LogP contribution is -2.22. The second-order valence-electron chi connectivity index (χ2n) is 4.85. The first-order chi connectivity index (χ1) is 10.6. The minimum Gasteiger partial charge on any atom is -0.348 e. The van der Waals surface area contributed by atoms with Crippen LogP contribution in [0.3, 0.4) is 0 Å². The molecule has 0 unspecified atom stereocenters. The monoisotopic (exact) mass is 359 g/mol. The van der Waals surface area contributed by atoms with Crippen LogP contribution >= 0.6 is 15.9 Å². The van der Waals surface area contributed by atoms with E-state index in [1.165, 1.54) is 0 Å². The SMILES string of the molecule is Cn1cc(CNC(=O)c2ccc(-n3cc(Br)cn3)cc2)cn1. The van der Waals surface area contributed by atoms with Gasteiger partial charge in [-0.15, -0.1) is 0 Å². The van der Waals surface area contributed by atoms with Crippen molar-refractivity contribution in [3.05, 3.63) is 64.7 Å². The van der Waals surface area contributed by atoms with Gasteiger partial charge in [0.1, 0.15) is 0 Å². The number of halogens is 1. The van der Waals surface area contributed by atoms with E-state index >= 15 is 0 Å². The van der Waals surface area contributed by atoms with Crippen LogP contribution in [0.25, 0.3) is 5.69 Å². The minimum absolute atomic E-state index is 0.114. The van der Waals surface area contributed by atoms with Gasteiger partial charge in [-0.2, -0.15) is 10.2 Å². The quantitative estimate of drug-likeness (QED) is 0.777. The van der Waals surface area contributed by atoms with Crippen LogP contribution < -0.4 is 5.32 Å². The highest BCUT2D eigenvalue weighted by Crippen LogP contribution is 2.13. The largest absolute Gasteiger partial charge is 0.348 e. The number of rotatable bonds is 4. The number of benzene rings is 1. The number of nitrogens with one attached hydrogen (secondary N) is 1. The van der Waals surface area contributed by atoms with Crippen LogP contribution in [0.4, 0.5) is 0 Å². The molecule has 0 aliphatic heterocycles. The molecular weight excluding hydrogens is 346 g/mol. The highest BCUT2D eigenvalue weighted by atomic mass is 79.9. The van der Waals surface area contributed by atoms with E-state index in [1.54, 1.807) is 33.9 Å². The zero-order chi connectivity index (χ0) is 15.5. The average molecular weight is 360 g/mol. The number of hydrogen-bond donors (Lipinski definition) is 1. The van der Waals surface area contributed by atoms with Crippen molar-refractivity contribution in [1.82, 2.24) is 24.9 Å². The Bertz CT molecular complexity index is 790. The standard InChI is InChI=1S/C15H14BrN5O/c1-20-9-11(7-18-20)6-17-15(22)12-2-4-14(5-3-12)21-10-13(16)8-19-21/h2-5,7-10H,6H2,1H3,(H,17,22). The van der Waals surface area contributed by atoms with Gasteiger partial charge < -0.3 is 5.32 Å². The third-order valence-electron chi connectivity index (χ3n) is 3.16. The van der Waals surface area contributed by atoms with Gasteiger partial charge in [0.05, 0.1) is 22.6 Å². The van der Waals surface area contributed by atoms with Crippen LogP contribution in [-0.4, -0.2) is 25.5 Å². The molecule has 2 heterocycles. The van der Waals surface area contributed by atoms with Crippen molar-refractivity contribution in [3.8, 4) is 5.69 Å². The number of nitrogens with zero attached hydrogens (tertiary/aromatic N) is 4. The molecule has 3 rings (SSSR count).